The van der Waals surface area contributed by atoms with Crippen molar-refractivity contribution in [1.29, 1.82) is 0 Å². The largest absolute Gasteiger partial charge is 0.384 e. The zero-order valence-electron chi connectivity index (χ0n) is 13.8. The summed E-state index contributed by atoms with van der Waals surface area (Å²) in [4.78, 5) is 5.36. The predicted octanol–water partition coefficient (Wildman–Crippen LogP) is 0.616. The van der Waals surface area contributed by atoms with Gasteiger partial charge >= 0.3 is 0 Å². The van der Waals surface area contributed by atoms with Crippen LogP contribution in [0.4, 0.5) is 0 Å². The Morgan fingerprint density at radius 3 is 3.12 bits per heavy atom. The van der Waals surface area contributed by atoms with E-state index in [1.165, 1.54) is 21.9 Å². The van der Waals surface area contributed by atoms with Crippen LogP contribution in [0.1, 0.15) is 5.56 Å². The first-order valence-electron chi connectivity index (χ1n) is 7.74. The van der Waals surface area contributed by atoms with Gasteiger partial charge in [0.1, 0.15) is 12.4 Å². The zero-order valence-corrected chi connectivity index (χ0v) is 15.4. The Morgan fingerprint density at radius 2 is 2.36 bits per heavy atom. The van der Waals surface area contributed by atoms with E-state index in [4.69, 9.17) is 9.84 Å². The lowest BCUT2D eigenvalue weighted by Gasteiger charge is -2.31. The van der Waals surface area contributed by atoms with Crippen molar-refractivity contribution in [1.82, 2.24) is 13.9 Å². The molecule has 9 heteroatoms. The molecule has 1 atom stereocenters. The number of sulfonamides is 1. The summed E-state index contributed by atoms with van der Waals surface area (Å²) in [5.74, 6) is 6.29. The van der Waals surface area contributed by atoms with E-state index in [1.807, 2.05) is 22.2 Å². The summed E-state index contributed by atoms with van der Waals surface area (Å²) in [7, 11) is -3.21. The maximum absolute atomic E-state index is 11.7. The first-order chi connectivity index (χ1) is 12.0. The van der Waals surface area contributed by atoms with Crippen LogP contribution in [0.2, 0.25) is 0 Å². The number of thiophene rings is 1. The monoisotopic (exact) mass is 381 g/mol. The molecule has 2 aromatic rings. The number of imidazole rings is 1. The minimum atomic E-state index is -3.21. The van der Waals surface area contributed by atoms with Gasteiger partial charge in [-0.3, -0.25) is 0 Å². The van der Waals surface area contributed by atoms with Crippen LogP contribution in [-0.4, -0.2) is 66.0 Å². The lowest BCUT2D eigenvalue weighted by molar-refractivity contribution is -0.00978. The number of morpholine rings is 1. The van der Waals surface area contributed by atoms with E-state index in [9.17, 15) is 8.42 Å². The van der Waals surface area contributed by atoms with E-state index in [-0.39, 0.29) is 12.7 Å². The van der Waals surface area contributed by atoms with Gasteiger partial charge in [0.15, 0.2) is 0 Å². The zero-order chi connectivity index (χ0) is 17.9. The van der Waals surface area contributed by atoms with E-state index in [2.05, 4.69) is 16.8 Å². The highest BCUT2D eigenvalue weighted by molar-refractivity contribution is 7.88. The number of hydrogen-bond donors (Lipinski definition) is 1. The quantitative estimate of drug-likeness (QED) is 0.785. The third kappa shape index (κ3) is 4.48. The molecule has 134 valence electrons. The van der Waals surface area contributed by atoms with Gasteiger partial charge in [-0.2, -0.15) is 4.31 Å². The van der Waals surface area contributed by atoms with Crippen LogP contribution < -0.4 is 0 Å². The summed E-state index contributed by atoms with van der Waals surface area (Å²) in [5, 5.41) is 10.7. The van der Waals surface area contributed by atoms with Crippen molar-refractivity contribution >= 4 is 21.4 Å². The highest BCUT2D eigenvalue weighted by Crippen LogP contribution is 2.26. The van der Waals surface area contributed by atoms with Crippen molar-refractivity contribution in [2.45, 2.75) is 12.6 Å². The maximum atomic E-state index is 11.7. The first-order valence-corrected chi connectivity index (χ1v) is 10.5. The summed E-state index contributed by atoms with van der Waals surface area (Å²) in [5.41, 5.74) is 0.834. The SMILES string of the molecule is CS(=O)(=O)N1CCO[C@@H](Cn2ccnc2-c2cc(C#CCO)cs2)C1. The smallest absolute Gasteiger partial charge is 0.211 e. The molecule has 0 aromatic carbocycles. The molecule has 25 heavy (non-hydrogen) atoms. The lowest BCUT2D eigenvalue weighted by Crippen LogP contribution is -2.46. The van der Waals surface area contributed by atoms with Gasteiger partial charge in [0.05, 0.1) is 30.4 Å². The number of aliphatic hydroxyl groups is 1. The molecule has 1 saturated heterocycles. The van der Waals surface area contributed by atoms with E-state index in [0.29, 0.717) is 26.2 Å². The Labute approximate surface area is 150 Å². The Morgan fingerprint density at radius 1 is 1.52 bits per heavy atom. The number of rotatable bonds is 4. The summed E-state index contributed by atoms with van der Waals surface area (Å²) in [6.07, 6.45) is 4.57. The van der Waals surface area contributed by atoms with Crippen molar-refractivity contribution in [3.05, 3.63) is 29.4 Å². The molecule has 3 heterocycles. The van der Waals surface area contributed by atoms with Gasteiger partial charge in [-0.05, 0) is 6.07 Å². The van der Waals surface area contributed by atoms with E-state index < -0.39 is 10.0 Å². The van der Waals surface area contributed by atoms with Crippen LogP contribution in [0.25, 0.3) is 10.7 Å². The Kier molecular flexibility index (Phi) is 5.56. The molecular formula is C16H19N3O4S2. The second kappa shape index (κ2) is 7.68. The fraction of sp³-hybridized carbons (Fsp3) is 0.438. The number of hydrogen-bond acceptors (Lipinski definition) is 6. The Hall–Kier alpha value is -1.70. The van der Waals surface area contributed by atoms with Gasteiger partial charge in [0.25, 0.3) is 0 Å². The summed E-state index contributed by atoms with van der Waals surface area (Å²) in [6, 6.07) is 1.93. The maximum Gasteiger partial charge on any atom is 0.211 e. The molecule has 0 bridgehead atoms. The van der Waals surface area contributed by atoms with Gasteiger partial charge in [0, 0.05) is 36.4 Å². The molecule has 0 unspecified atom stereocenters. The first kappa shape index (κ1) is 18.1. The van der Waals surface area contributed by atoms with Crippen LogP contribution in [0.5, 0.6) is 0 Å². The van der Waals surface area contributed by atoms with Crippen LogP contribution in [0.3, 0.4) is 0 Å². The molecular weight excluding hydrogens is 362 g/mol. The minimum Gasteiger partial charge on any atom is -0.384 e. The second-order valence-corrected chi connectivity index (χ2v) is 8.57. The highest BCUT2D eigenvalue weighted by Gasteiger charge is 2.27. The fourth-order valence-electron chi connectivity index (χ4n) is 2.67. The van der Waals surface area contributed by atoms with Crippen LogP contribution in [0, 0.1) is 11.8 Å². The standard InChI is InChI=1S/C16H19N3O4S2/c1-25(21,22)19-6-8-23-14(11-19)10-18-5-4-17-16(18)15-9-13(12-24-15)3-2-7-20/h4-5,9,12,14,20H,6-8,10-11H2,1H3/t14-/m0/s1. The molecule has 0 radical (unpaired) electrons. The van der Waals surface area contributed by atoms with Gasteiger partial charge in [-0.25, -0.2) is 13.4 Å². The normalized spacial score (nSPS) is 18.7. The Bertz CT molecular complexity index is 892. The molecule has 0 spiro atoms. The predicted molar refractivity (Wildman–Crippen MR) is 95.7 cm³/mol. The molecule has 1 aliphatic heterocycles. The number of nitrogens with zero attached hydrogens (tertiary/aromatic N) is 3. The van der Waals surface area contributed by atoms with Crippen molar-refractivity contribution in [3.8, 4) is 22.5 Å². The Balaban J connectivity index is 1.75. The number of aromatic nitrogens is 2. The van der Waals surface area contributed by atoms with E-state index in [0.717, 1.165) is 16.3 Å². The summed E-state index contributed by atoms with van der Waals surface area (Å²) in [6.45, 7) is 1.48. The molecule has 0 aliphatic carbocycles. The van der Waals surface area contributed by atoms with Crippen LogP contribution in [0.15, 0.2) is 23.8 Å². The minimum absolute atomic E-state index is 0.171. The van der Waals surface area contributed by atoms with Gasteiger partial charge in [-0.1, -0.05) is 11.8 Å². The number of ether oxygens (including phenoxy) is 1. The van der Waals surface area contributed by atoms with Crippen LogP contribution in [-0.2, 0) is 21.3 Å². The summed E-state index contributed by atoms with van der Waals surface area (Å²) < 4.78 is 32.6. The lowest BCUT2D eigenvalue weighted by atomic mass is 10.3. The fourth-order valence-corrected chi connectivity index (χ4v) is 4.36. The van der Waals surface area contributed by atoms with Crippen molar-refractivity contribution in [2.24, 2.45) is 0 Å². The molecule has 7 nitrogen and oxygen atoms in total. The molecule has 3 rings (SSSR count). The van der Waals surface area contributed by atoms with Crippen molar-refractivity contribution < 1.29 is 18.3 Å². The molecule has 0 saturated carbocycles. The third-order valence-corrected chi connectivity index (χ3v) is 6.01. The second-order valence-electron chi connectivity index (χ2n) is 5.68. The molecule has 1 fully saturated rings. The van der Waals surface area contributed by atoms with Crippen molar-refractivity contribution in [2.75, 3.05) is 32.6 Å². The van der Waals surface area contributed by atoms with E-state index in [1.54, 1.807) is 6.20 Å². The van der Waals surface area contributed by atoms with Gasteiger partial charge in [0.2, 0.25) is 10.0 Å². The molecule has 2 aromatic heterocycles. The third-order valence-electron chi connectivity index (χ3n) is 3.82. The van der Waals surface area contributed by atoms with Crippen LogP contribution >= 0.6 is 11.3 Å². The number of aliphatic hydroxyl groups excluding tert-OH is 1. The molecule has 1 aliphatic rings. The topological polar surface area (TPSA) is 84.7 Å². The van der Waals surface area contributed by atoms with Crippen molar-refractivity contribution in [3.63, 3.8) is 0 Å². The molecule has 0 amide bonds. The molecule has 1 N–H and O–H groups in total. The van der Waals surface area contributed by atoms with E-state index >= 15 is 0 Å². The summed E-state index contributed by atoms with van der Waals surface area (Å²) >= 11 is 1.52. The highest BCUT2D eigenvalue weighted by atomic mass is 32.2. The van der Waals surface area contributed by atoms with Gasteiger partial charge < -0.3 is 14.4 Å². The van der Waals surface area contributed by atoms with Gasteiger partial charge in [-0.15, -0.1) is 11.3 Å². The average Bonchev–Trinajstić information content (AvgIpc) is 3.21. The average molecular weight is 381 g/mol.